The van der Waals surface area contributed by atoms with Crippen molar-refractivity contribution in [2.75, 3.05) is 20.2 Å². The molecule has 0 radical (unpaired) electrons. The largest absolute Gasteiger partial charge is 0.497 e. The molecule has 126 valence electrons. The van der Waals surface area contributed by atoms with Crippen LogP contribution in [0.1, 0.15) is 38.2 Å². The van der Waals surface area contributed by atoms with Gasteiger partial charge in [-0.25, -0.2) is 0 Å². The summed E-state index contributed by atoms with van der Waals surface area (Å²) in [6.07, 6.45) is 6.55. The lowest BCUT2D eigenvalue weighted by Gasteiger charge is -2.33. The van der Waals surface area contributed by atoms with E-state index in [0.717, 1.165) is 18.2 Å². The van der Waals surface area contributed by atoms with Crippen molar-refractivity contribution in [1.82, 2.24) is 4.90 Å². The number of benzene rings is 2. The highest BCUT2D eigenvalue weighted by Crippen LogP contribution is 2.25. The molecule has 2 aromatic carbocycles. The zero-order valence-corrected chi connectivity index (χ0v) is 15.1. The molecule has 1 aliphatic heterocycles. The van der Waals surface area contributed by atoms with Gasteiger partial charge in [0, 0.05) is 6.04 Å². The Morgan fingerprint density at radius 3 is 2.83 bits per heavy atom. The zero-order valence-electron chi connectivity index (χ0n) is 14.3. The van der Waals surface area contributed by atoms with Crippen LogP contribution in [0.25, 0.3) is 10.8 Å². The SMILES string of the molecule is COc1ccc2c(CCCN3CCCC[C@@H]3C)cccc2c1.Cl. The molecule has 0 spiro atoms. The Hall–Kier alpha value is -1.25. The lowest BCUT2D eigenvalue weighted by molar-refractivity contribution is 0.159. The van der Waals surface area contributed by atoms with Gasteiger partial charge in [-0.05, 0) is 74.2 Å². The van der Waals surface area contributed by atoms with Crippen molar-refractivity contribution < 1.29 is 4.74 Å². The fraction of sp³-hybridized carbons (Fsp3) is 0.500. The van der Waals surface area contributed by atoms with E-state index in [2.05, 4.69) is 48.2 Å². The number of hydrogen-bond acceptors (Lipinski definition) is 2. The number of likely N-dealkylation sites (tertiary alicyclic amines) is 1. The van der Waals surface area contributed by atoms with Gasteiger partial charge in [-0.3, -0.25) is 0 Å². The Kier molecular flexibility index (Phi) is 6.73. The van der Waals surface area contributed by atoms with E-state index in [9.17, 15) is 0 Å². The molecule has 0 unspecified atom stereocenters. The minimum absolute atomic E-state index is 0. The number of piperidine rings is 1. The average Bonchev–Trinajstić information content (AvgIpc) is 2.56. The smallest absolute Gasteiger partial charge is 0.119 e. The number of rotatable bonds is 5. The van der Waals surface area contributed by atoms with Crippen molar-refractivity contribution in [2.45, 2.75) is 45.1 Å². The summed E-state index contributed by atoms with van der Waals surface area (Å²) < 4.78 is 5.33. The molecule has 23 heavy (non-hydrogen) atoms. The predicted molar refractivity (Wildman–Crippen MR) is 101 cm³/mol. The minimum atomic E-state index is 0. The molecule has 1 atom stereocenters. The van der Waals surface area contributed by atoms with Crippen LogP contribution < -0.4 is 4.74 Å². The first-order chi connectivity index (χ1) is 10.8. The molecule has 1 heterocycles. The van der Waals surface area contributed by atoms with Crippen LogP contribution in [0, 0.1) is 0 Å². The fourth-order valence-electron chi connectivity index (χ4n) is 3.64. The van der Waals surface area contributed by atoms with E-state index in [1.165, 1.54) is 55.1 Å². The Balaban J connectivity index is 0.00000192. The summed E-state index contributed by atoms with van der Waals surface area (Å²) in [4.78, 5) is 2.66. The van der Waals surface area contributed by atoms with Crippen LogP contribution in [0.4, 0.5) is 0 Å². The van der Waals surface area contributed by atoms with E-state index in [0.29, 0.717) is 0 Å². The van der Waals surface area contributed by atoms with Crippen LogP contribution in [0.15, 0.2) is 36.4 Å². The number of nitrogens with zero attached hydrogens (tertiary/aromatic N) is 1. The summed E-state index contributed by atoms with van der Waals surface area (Å²) in [5, 5.41) is 2.65. The van der Waals surface area contributed by atoms with Gasteiger partial charge in [0.15, 0.2) is 0 Å². The van der Waals surface area contributed by atoms with Gasteiger partial charge in [-0.1, -0.05) is 30.7 Å². The van der Waals surface area contributed by atoms with E-state index >= 15 is 0 Å². The van der Waals surface area contributed by atoms with Crippen LogP contribution in [0.5, 0.6) is 5.75 Å². The third-order valence-electron chi connectivity index (χ3n) is 5.01. The fourth-order valence-corrected chi connectivity index (χ4v) is 3.64. The van der Waals surface area contributed by atoms with E-state index in [1.54, 1.807) is 7.11 Å². The van der Waals surface area contributed by atoms with Gasteiger partial charge < -0.3 is 9.64 Å². The Morgan fingerprint density at radius 2 is 2.04 bits per heavy atom. The molecule has 1 fully saturated rings. The van der Waals surface area contributed by atoms with Crippen molar-refractivity contribution in [2.24, 2.45) is 0 Å². The summed E-state index contributed by atoms with van der Waals surface area (Å²) in [6.45, 7) is 4.89. The Labute approximate surface area is 146 Å². The van der Waals surface area contributed by atoms with Crippen LogP contribution in [0.3, 0.4) is 0 Å². The van der Waals surface area contributed by atoms with Gasteiger partial charge in [-0.2, -0.15) is 0 Å². The van der Waals surface area contributed by atoms with Gasteiger partial charge >= 0.3 is 0 Å². The van der Waals surface area contributed by atoms with Crippen molar-refractivity contribution in [3.05, 3.63) is 42.0 Å². The zero-order chi connectivity index (χ0) is 15.4. The van der Waals surface area contributed by atoms with Gasteiger partial charge in [0.25, 0.3) is 0 Å². The molecule has 1 saturated heterocycles. The van der Waals surface area contributed by atoms with E-state index in [1.807, 2.05) is 0 Å². The van der Waals surface area contributed by atoms with Gasteiger partial charge in [0.2, 0.25) is 0 Å². The molecule has 3 heteroatoms. The lowest BCUT2D eigenvalue weighted by Crippen LogP contribution is -2.38. The van der Waals surface area contributed by atoms with Crippen LogP contribution in [-0.2, 0) is 6.42 Å². The first-order valence-electron chi connectivity index (χ1n) is 8.57. The summed E-state index contributed by atoms with van der Waals surface area (Å²) in [5.41, 5.74) is 1.46. The Morgan fingerprint density at radius 1 is 1.17 bits per heavy atom. The predicted octanol–water partition coefficient (Wildman–Crippen LogP) is 5.08. The normalized spacial score (nSPS) is 18.6. The second kappa shape index (κ2) is 8.56. The summed E-state index contributed by atoms with van der Waals surface area (Å²) in [6, 6.07) is 13.8. The van der Waals surface area contributed by atoms with Crippen LogP contribution >= 0.6 is 12.4 Å². The van der Waals surface area contributed by atoms with Gasteiger partial charge in [0.05, 0.1) is 7.11 Å². The molecule has 3 rings (SSSR count). The molecule has 0 aromatic heterocycles. The number of halogens is 1. The molecular formula is C20H28ClNO. The van der Waals surface area contributed by atoms with Crippen molar-refractivity contribution in [3.8, 4) is 5.75 Å². The number of fused-ring (bicyclic) bond motifs is 1. The minimum Gasteiger partial charge on any atom is -0.497 e. The molecule has 2 nitrogen and oxygen atoms in total. The van der Waals surface area contributed by atoms with E-state index in [-0.39, 0.29) is 12.4 Å². The molecule has 1 aliphatic rings. The highest BCUT2D eigenvalue weighted by Gasteiger charge is 2.17. The van der Waals surface area contributed by atoms with Gasteiger partial charge in [0.1, 0.15) is 5.75 Å². The lowest BCUT2D eigenvalue weighted by atomic mass is 9.99. The molecule has 0 saturated carbocycles. The summed E-state index contributed by atoms with van der Waals surface area (Å²) in [5.74, 6) is 0.937. The molecule has 2 aromatic rings. The van der Waals surface area contributed by atoms with Gasteiger partial charge in [-0.15, -0.1) is 12.4 Å². The quantitative estimate of drug-likeness (QED) is 0.756. The van der Waals surface area contributed by atoms with E-state index in [4.69, 9.17) is 4.74 Å². The monoisotopic (exact) mass is 333 g/mol. The first kappa shape index (κ1) is 18.1. The topological polar surface area (TPSA) is 12.5 Å². The number of methoxy groups -OCH3 is 1. The molecule has 0 amide bonds. The number of aryl methyl sites for hydroxylation is 1. The molecule has 0 aliphatic carbocycles. The summed E-state index contributed by atoms with van der Waals surface area (Å²) >= 11 is 0. The highest BCUT2D eigenvalue weighted by molar-refractivity contribution is 5.87. The maximum Gasteiger partial charge on any atom is 0.119 e. The van der Waals surface area contributed by atoms with Crippen molar-refractivity contribution >= 4 is 23.2 Å². The standard InChI is InChI=1S/C20H27NO.ClH/c1-16-7-3-4-13-21(16)14-6-10-17-8-5-9-18-15-19(22-2)11-12-20(17)18;/h5,8-9,11-12,15-16H,3-4,6-7,10,13-14H2,1-2H3;1H/t16-;/m0./s1. The second-order valence-corrected chi connectivity index (χ2v) is 6.49. The number of hydrogen-bond donors (Lipinski definition) is 0. The highest BCUT2D eigenvalue weighted by atomic mass is 35.5. The van der Waals surface area contributed by atoms with Crippen LogP contribution in [-0.4, -0.2) is 31.1 Å². The molecule has 0 bridgehead atoms. The number of ether oxygens (including phenoxy) is 1. The Bertz CT molecular complexity index is 628. The molecular weight excluding hydrogens is 306 g/mol. The van der Waals surface area contributed by atoms with Crippen molar-refractivity contribution in [1.29, 1.82) is 0 Å². The average molecular weight is 334 g/mol. The van der Waals surface area contributed by atoms with E-state index < -0.39 is 0 Å². The van der Waals surface area contributed by atoms with Crippen molar-refractivity contribution in [3.63, 3.8) is 0 Å². The summed E-state index contributed by atoms with van der Waals surface area (Å²) in [7, 11) is 1.73. The molecule has 0 N–H and O–H groups in total. The third-order valence-corrected chi connectivity index (χ3v) is 5.01. The van der Waals surface area contributed by atoms with Crippen LogP contribution in [0.2, 0.25) is 0 Å². The third kappa shape index (κ3) is 4.39. The first-order valence-corrected chi connectivity index (χ1v) is 8.57. The maximum atomic E-state index is 5.33. The maximum absolute atomic E-state index is 5.33. The second-order valence-electron chi connectivity index (χ2n) is 6.49.